The van der Waals surface area contributed by atoms with Gasteiger partial charge >= 0.3 is 0 Å². The van der Waals surface area contributed by atoms with Crippen molar-refractivity contribution < 1.29 is 0 Å². The minimum absolute atomic E-state index is 0.490. The summed E-state index contributed by atoms with van der Waals surface area (Å²) in [5.74, 6) is 0. The van der Waals surface area contributed by atoms with E-state index in [1.807, 2.05) is 6.07 Å². The van der Waals surface area contributed by atoms with Crippen LogP contribution in [0.5, 0.6) is 0 Å². The number of benzene rings is 1. The predicted molar refractivity (Wildman–Crippen MR) is 65.2 cm³/mol. The molecule has 2 N–H and O–H groups in total. The van der Waals surface area contributed by atoms with Gasteiger partial charge in [-0.3, -0.25) is 0 Å². The van der Waals surface area contributed by atoms with E-state index in [0.717, 1.165) is 15.5 Å². The first-order valence-electron chi connectivity index (χ1n) is 5.05. The molecule has 0 saturated carbocycles. The van der Waals surface area contributed by atoms with Crippen molar-refractivity contribution >= 4 is 11.8 Å². The summed E-state index contributed by atoms with van der Waals surface area (Å²) in [6.07, 6.45) is 1.67. The molecular formula is C12H13N3S. The zero-order valence-electron chi connectivity index (χ0n) is 9.05. The van der Waals surface area contributed by atoms with Gasteiger partial charge in [-0.2, -0.15) is 5.10 Å². The highest BCUT2D eigenvalue weighted by Crippen LogP contribution is 2.27. The SMILES string of the molecule is Cc1ccc(Sc2nnccc2CN)cc1. The number of nitrogens with two attached hydrogens (primary N) is 1. The van der Waals surface area contributed by atoms with Crippen LogP contribution in [0.3, 0.4) is 0 Å². The molecule has 1 aromatic carbocycles. The Labute approximate surface area is 99.1 Å². The molecule has 0 aliphatic rings. The molecule has 0 atom stereocenters. The molecule has 0 bridgehead atoms. The van der Waals surface area contributed by atoms with E-state index in [2.05, 4.69) is 41.4 Å². The van der Waals surface area contributed by atoms with E-state index in [4.69, 9.17) is 5.73 Å². The van der Waals surface area contributed by atoms with Gasteiger partial charge in [0.25, 0.3) is 0 Å². The van der Waals surface area contributed by atoms with Crippen LogP contribution in [0.4, 0.5) is 0 Å². The Morgan fingerprint density at radius 3 is 2.62 bits per heavy atom. The van der Waals surface area contributed by atoms with Gasteiger partial charge in [0.1, 0.15) is 5.03 Å². The minimum atomic E-state index is 0.490. The number of aryl methyl sites for hydroxylation is 1. The summed E-state index contributed by atoms with van der Waals surface area (Å²) in [6, 6.07) is 10.2. The standard InChI is InChI=1S/C12H13N3S/c1-9-2-4-11(5-3-9)16-12-10(8-13)6-7-14-15-12/h2-7H,8,13H2,1H3. The van der Waals surface area contributed by atoms with Gasteiger partial charge in [-0.15, -0.1) is 5.10 Å². The minimum Gasteiger partial charge on any atom is -0.326 e. The van der Waals surface area contributed by atoms with E-state index in [9.17, 15) is 0 Å². The molecule has 3 nitrogen and oxygen atoms in total. The van der Waals surface area contributed by atoms with E-state index in [0.29, 0.717) is 6.54 Å². The molecule has 2 aromatic rings. The van der Waals surface area contributed by atoms with Crippen LogP contribution in [0.2, 0.25) is 0 Å². The Balaban J connectivity index is 2.23. The van der Waals surface area contributed by atoms with Crippen molar-refractivity contribution in [3.63, 3.8) is 0 Å². The zero-order chi connectivity index (χ0) is 11.4. The van der Waals surface area contributed by atoms with Crippen LogP contribution in [0.15, 0.2) is 46.5 Å². The third-order valence-corrected chi connectivity index (χ3v) is 3.27. The van der Waals surface area contributed by atoms with Crippen molar-refractivity contribution in [3.8, 4) is 0 Å². The van der Waals surface area contributed by atoms with E-state index in [-0.39, 0.29) is 0 Å². The fourth-order valence-electron chi connectivity index (χ4n) is 1.30. The molecule has 4 heteroatoms. The van der Waals surface area contributed by atoms with Crippen LogP contribution in [0.1, 0.15) is 11.1 Å². The topological polar surface area (TPSA) is 51.8 Å². The second-order valence-corrected chi connectivity index (χ2v) is 4.54. The molecular weight excluding hydrogens is 218 g/mol. The lowest BCUT2D eigenvalue weighted by Gasteiger charge is -2.04. The summed E-state index contributed by atoms with van der Waals surface area (Å²) in [4.78, 5) is 1.15. The highest BCUT2D eigenvalue weighted by molar-refractivity contribution is 7.99. The lowest BCUT2D eigenvalue weighted by molar-refractivity contribution is 0.866. The first-order chi connectivity index (χ1) is 7.79. The number of rotatable bonds is 3. The van der Waals surface area contributed by atoms with Crippen molar-refractivity contribution in [2.24, 2.45) is 5.73 Å². The van der Waals surface area contributed by atoms with E-state index < -0.39 is 0 Å². The number of aromatic nitrogens is 2. The average Bonchev–Trinajstić information content (AvgIpc) is 2.33. The van der Waals surface area contributed by atoms with Crippen LogP contribution < -0.4 is 5.73 Å². The largest absolute Gasteiger partial charge is 0.326 e. The third-order valence-electron chi connectivity index (χ3n) is 2.22. The average molecular weight is 231 g/mol. The van der Waals surface area contributed by atoms with Gasteiger partial charge in [0.05, 0.1) is 0 Å². The Hall–Kier alpha value is -1.39. The maximum atomic E-state index is 5.65. The van der Waals surface area contributed by atoms with E-state index >= 15 is 0 Å². The van der Waals surface area contributed by atoms with Crippen LogP contribution in [0, 0.1) is 6.92 Å². The van der Waals surface area contributed by atoms with Crippen molar-refractivity contribution in [2.45, 2.75) is 23.4 Å². The maximum absolute atomic E-state index is 5.65. The Bertz CT molecular complexity index is 468. The number of nitrogens with zero attached hydrogens (tertiary/aromatic N) is 2. The molecule has 2 rings (SSSR count). The van der Waals surface area contributed by atoms with Crippen LogP contribution in [-0.4, -0.2) is 10.2 Å². The monoisotopic (exact) mass is 231 g/mol. The predicted octanol–water partition coefficient (Wildman–Crippen LogP) is 2.39. The molecule has 0 spiro atoms. The second kappa shape index (κ2) is 5.09. The molecule has 0 amide bonds. The van der Waals surface area contributed by atoms with Gasteiger partial charge in [-0.05, 0) is 25.1 Å². The lowest BCUT2D eigenvalue weighted by Crippen LogP contribution is -2.00. The summed E-state index contributed by atoms with van der Waals surface area (Å²) in [5.41, 5.74) is 7.93. The maximum Gasteiger partial charge on any atom is 0.128 e. The summed E-state index contributed by atoms with van der Waals surface area (Å²) >= 11 is 1.59. The van der Waals surface area contributed by atoms with Crippen LogP contribution in [-0.2, 0) is 6.54 Å². The van der Waals surface area contributed by atoms with Gasteiger partial charge < -0.3 is 5.73 Å². The van der Waals surface area contributed by atoms with Gasteiger partial charge in [0.15, 0.2) is 0 Å². The molecule has 82 valence electrons. The Morgan fingerprint density at radius 1 is 1.19 bits per heavy atom. The summed E-state index contributed by atoms with van der Waals surface area (Å²) in [6.45, 7) is 2.56. The molecule has 0 fully saturated rings. The van der Waals surface area contributed by atoms with Crippen LogP contribution in [0.25, 0.3) is 0 Å². The van der Waals surface area contributed by atoms with E-state index in [1.54, 1.807) is 18.0 Å². The van der Waals surface area contributed by atoms with Crippen molar-refractivity contribution in [2.75, 3.05) is 0 Å². The highest BCUT2D eigenvalue weighted by atomic mass is 32.2. The van der Waals surface area contributed by atoms with Crippen molar-refractivity contribution in [1.82, 2.24) is 10.2 Å². The second-order valence-electron chi connectivity index (χ2n) is 3.48. The zero-order valence-corrected chi connectivity index (χ0v) is 9.87. The van der Waals surface area contributed by atoms with Crippen LogP contribution >= 0.6 is 11.8 Å². The molecule has 0 unspecified atom stereocenters. The number of hydrogen-bond acceptors (Lipinski definition) is 4. The molecule has 1 heterocycles. The quantitative estimate of drug-likeness (QED) is 0.881. The van der Waals surface area contributed by atoms with E-state index in [1.165, 1.54) is 5.56 Å². The third kappa shape index (κ3) is 2.59. The Kier molecular flexibility index (Phi) is 3.54. The Morgan fingerprint density at radius 2 is 1.94 bits per heavy atom. The molecule has 0 saturated heterocycles. The number of hydrogen-bond donors (Lipinski definition) is 1. The molecule has 0 radical (unpaired) electrons. The molecule has 16 heavy (non-hydrogen) atoms. The normalized spacial score (nSPS) is 10.4. The fraction of sp³-hybridized carbons (Fsp3) is 0.167. The van der Waals surface area contributed by atoms with Gasteiger partial charge in [-0.1, -0.05) is 29.5 Å². The summed E-state index contributed by atoms with van der Waals surface area (Å²) < 4.78 is 0. The lowest BCUT2D eigenvalue weighted by atomic mass is 10.2. The van der Waals surface area contributed by atoms with Gasteiger partial charge in [-0.25, -0.2) is 0 Å². The molecule has 0 aliphatic heterocycles. The van der Waals surface area contributed by atoms with Gasteiger partial charge in [0, 0.05) is 23.2 Å². The fourth-order valence-corrected chi connectivity index (χ4v) is 2.17. The molecule has 1 aromatic heterocycles. The smallest absolute Gasteiger partial charge is 0.128 e. The van der Waals surface area contributed by atoms with Crippen molar-refractivity contribution in [1.29, 1.82) is 0 Å². The highest BCUT2D eigenvalue weighted by Gasteiger charge is 2.04. The van der Waals surface area contributed by atoms with Crippen molar-refractivity contribution in [3.05, 3.63) is 47.7 Å². The summed E-state index contributed by atoms with van der Waals surface area (Å²) in [7, 11) is 0. The first kappa shape index (κ1) is 11.1. The van der Waals surface area contributed by atoms with Gasteiger partial charge in [0.2, 0.25) is 0 Å². The molecule has 0 aliphatic carbocycles. The first-order valence-corrected chi connectivity index (χ1v) is 5.86. The summed E-state index contributed by atoms with van der Waals surface area (Å²) in [5, 5.41) is 8.86.